The maximum atomic E-state index is 15.0. The van der Waals surface area contributed by atoms with Gasteiger partial charge in [0.1, 0.15) is 85.5 Å². The maximum absolute atomic E-state index is 15.0. The summed E-state index contributed by atoms with van der Waals surface area (Å²) in [5.41, 5.74) is -1.87. The van der Waals surface area contributed by atoms with Crippen LogP contribution >= 0.6 is 0 Å². The van der Waals surface area contributed by atoms with Crippen LogP contribution in [0.2, 0.25) is 0 Å². The van der Waals surface area contributed by atoms with Gasteiger partial charge in [-0.05, 0) is 110 Å². The summed E-state index contributed by atoms with van der Waals surface area (Å²) in [7, 11) is 0. The lowest BCUT2D eigenvalue weighted by Crippen LogP contribution is -2.69. The molecule has 0 aromatic heterocycles. The van der Waals surface area contributed by atoms with E-state index in [1.54, 1.807) is 0 Å². The third kappa shape index (κ3) is 8.55. The third-order valence-electron chi connectivity index (χ3n) is 20.8. The van der Waals surface area contributed by atoms with Gasteiger partial charge in [-0.2, -0.15) is 0 Å². The molecule has 5 aliphatic carbocycles. The number of carbonyl (C=O) groups excluding carboxylic acids is 1. The zero-order valence-corrected chi connectivity index (χ0v) is 43.0. The fourth-order valence-corrected chi connectivity index (χ4v) is 16.3. The Morgan fingerprint density at radius 2 is 1.26 bits per heavy atom. The van der Waals surface area contributed by atoms with Crippen LogP contribution < -0.4 is 0 Å². The lowest BCUT2D eigenvalue weighted by molar-refractivity contribution is -0.388. The second kappa shape index (κ2) is 19.5. The predicted octanol–water partition coefficient (Wildman–Crippen LogP) is -0.690. The number of hydrogen-bond donors (Lipinski definition) is 12. The summed E-state index contributed by atoms with van der Waals surface area (Å²) in [6, 6.07) is 0. The summed E-state index contributed by atoms with van der Waals surface area (Å²) in [6.07, 6.45) is -21.0. The lowest BCUT2D eigenvalue weighted by atomic mass is 9.33. The number of ether oxygens (including phenoxy) is 7. The van der Waals surface area contributed by atoms with Crippen LogP contribution in [0.25, 0.3) is 0 Å². The van der Waals surface area contributed by atoms with Gasteiger partial charge in [0.15, 0.2) is 24.7 Å². The summed E-state index contributed by atoms with van der Waals surface area (Å²) in [5, 5.41) is 131. The first-order valence-corrected chi connectivity index (χ1v) is 26.4. The SMILES string of the molecule is C[C@@H]1O[C@@H](O[C@@H]2[C@@H](O)[C@H](O[C@H]3CC[C@]4(C)[C@H]5CC=C6[C@@H]7CC(C)(C)CC[C@]7(C(=O)[C@H]7OC[C@H](O)[C@H](O)[C@H]7O)[C@H](O)C[C@@]6(C)[C@]5(C)CC[C@H]4C3(C)C)O[C@H](CO)[C@H]2O[C@@H]2OC[C@@H](O)[C@H](O)[C@H]2O)[C@H](O)[C@H](O)[C@H]1O. The van der Waals surface area contributed by atoms with Crippen LogP contribution in [0.5, 0.6) is 0 Å². The van der Waals surface area contributed by atoms with Crippen molar-refractivity contribution >= 4 is 5.78 Å². The Kier molecular flexibility index (Phi) is 15.0. The Labute approximate surface area is 421 Å². The van der Waals surface area contributed by atoms with E-state index in [2.05, 4.69) is 54.5 Å². The molecule has 20 nitrogen and oxygen atoms in total. The van der Waals surface area contributed by atoms with Gasteiger partial charge in [-0.1, -0.05) is 60.1 Å². The summed E-state index contributed by atoms with van der Waals surface area (Å²) in [4.78, 5) is 15.0. The highest BCUT2D eigenvalue weighted by molar-refractivity contribution is 5.91. The lowest BCUT2D eigenvalue weighted by Gasteiger charge is -2.72. The highest BCUT2D eigenvalue weighted by atomic mass is 16.8. The molecule has 0 amide bonds. The first-order valence-electron chi connectivity index (χ1n) is 26.4. The average Bonchev–Trinajstić information content (AvgIpc) is 3.31. The van der Waals surface area contributed by atoms with E-state index in [0.717, 1.165) is 25.7 Å². The average molecular weight is 1030 g/mol. The molecule has 12 N–H and O–H groups in total. The molecule has 4 saturated heterocycles. The molecule has 9 aliphatic rings. The van der Waals surface area contributed by atoms with E-state index >= 15 is 0 Å². The zero-order chi connectivity index (χ0) is 52.6. The van der Waals surface area contributed by atoms with Crippen molar-refractivity contribution in [2.24, 2.45) is 50.2 Å². The summed E-state index contributed by atoms with van der Waals surface area (Å²) in [5.74, 6) is -0.532. The van der Waals surface area contributed by atoms with Gasteiger partial charge < -0.3 is 94.4 Å². The fourth-order valence-electron chi connectivity index (χ4n) is 16.3. The summed E-state index contributed by atoms with van der Waals surface area (Å²) < 4.78 is 42.5. The molecule has 0 spiro atoms. The first kappa shape index (κ1) is 55.4. The minimum atomic E-state index is -1.79. The van der Waals surface area contributed by atoms with Crippen molar-refractivity contribution in [3.8, 4) is 0 Å². The molecule has 9 rings (SSSR count). The van der Waals surface area contributed by atoms with Gasteiger partial charge in [-0.3, -0.25) is 4.79 Å². The van der Waals surface area contributed by atoms with Gasteiger partial charge in [-0.25, -0.2) is 0 Å². The molecule has 4 heterocycles. The number of carbonyl (C=O) groups is 1. The van der Waals surface area contributed by atoms with E-state index in [0.29, 0.717) is 32.1 Å². The number of fused-ring (bicyclic) bond motifs is 7. The second-order valence-electron chi connectivity index (χ2n) is 25.5. The largest absolute Gasteiger partial charge is 0.394 e. The van der Waals surface area contributed by atoms with Crippen LogP contribution in [0.15, 0.2) is 11.6 Å². The number of rotatable bonds is 9. The zero-order valence-electron chi connectivity index (χ0n) is 43.0. The molecule has 20 heteroatoms. The number of aliphatic hydroxyl groups excluding tert-OH is 12. The number of hydrogen-bond acceptors (Lipinski definition) is 20. The molecule has 0 bridgehead atoms. The molecule has 0 aromatic carbocycles. The first-order chi connectivity index (χ1) is 33.6. The highest BCUT2D eigenvalue weighted by Crippen LogP contribution is 2.76. The monoisotopic (exact) mass is 1030 g/mol. The fraction of sp³-hybridized carbons (Fsp3) is 0.942. The van der Waals surface area contributed by atoms with E-state index in [-0.39, 0.29) is 40.6 Å². The van der Waals surface area contributed by atoms with Crippen molar-refractivity contribution in [1.29, 1.82) is 0 Å². The Bertz CT molecular complexity index is 2010. The Morgan fingerprint density at radius 3 is 1.94 bits per heavy atom. The van der Waals surface area contributed by atoms with Gasteiger partial charge in [0.25, 0.3) is 0 Å². The predicted molar refractivity (Wildman–Crippen MR) is 250 cm³/mol. The molecule has 8 fully saturated rings. The van der Waals surface area contributed by atoms with Crippen LogP contribution in [0.4, 0.5) is 0 Å². The van der Waals surface area contributed by atoms with Crippen LogP contribution in [0, 0.1) is 50.2 Å². The molecule has 0 unspecified atom stereocenters. The Hall–Kier alpha value is -1.35. The number of aliphatic hydroxyl groups is 12. The van der Waals surface area contributed by atoms with E-state index in [1.165, 1.54) is 12.5 Å². The highest BCUT2D eigenvalue weighted by Gasteiger charge is 2.72. The summed E-state index contributed by atoms with van der Waals surface area (Å²) >= 11 is 0. The van der Waals surface area contributed by atoms with E-state index in [1.807, 2.05) is 0 Å². The standard InChI is InChI=1S/C52H84O20/c1-22-32(57)35(60)38(63)45(68-22)72-41-39(64)46(69-27(19-53)40(41)71-44-37(62)34(59)26(55)21-67-44)70-31-12-13-49(6)28(48(31,4)5)11-14-50(7)29(49)10-9-23-24-17-47(2,3)15-16-52(24,30(56)18-51(23,50)8)43(65)42-36(61)33(58)25(54)20-66-42/h9,22,24-42,44-46,53-64H,10-21H2,1-8H3/t22-,24-,25-,26+,27+,28-,29+,30+,31-,32-,33-,34-,35+,36+,37+,38+,39+,40+,41+,42-,44-,45-,46-,49-,50+,51+,52+/m0/s1. The number of Topliss-reactive ketones (excluding diaryl/α,β-unsaturated/α-hetero) is 1. The molecule has 412 valence electrons. The van der Waals surface area contributed by atoms with E-state index in [9.17, 15) is 66.1 Å². The molecule has 0 aromatic rings. The van der Waals surface area contributed by atoms with Gasteiger partial charge in [-0.15, -0.1) is 0 Å². The van der Waals surface area contributed by atoms with Crippen molar-refractivity contribution < 1.29 is 99.2 Å². The third-order valence-corrected chi connectivity index (χ3v) is 20.8. The van der Waals surface area contributed by atoms with Crippen molar-refractivity contribution in [3.63, 3.8) is 0 Å². The molecule has 72 heavy (non-hydrogen) atoms. The van der Waals surface area contributed by atoms with Crippen LogP contribution in [0.1, 0.15) is 113 Å². The molecule has 4 aliphatic heterocycles. The molecule has 27 atom stereocenters. The van der Waals surface area contributed by atoms with Crippen molar-refractivity contribution in [2.75, 3.05) is 19.8 Å². The van der Waals surface area contributed by atoms with Crippen LogP contribution in [-0.4, -0.2) is 210 Å². The smallest absolute Gasteiger partial charge is 0.187 e. The minimum Gasteiger partial charge on any atom is -0.394 e. The van der Waals surface area contributed by atoms with Gasteiger partial charge >= 0.3 is 0 Å². The molecule has 4 saturated carbocycles. The topological polar surface area (TPSA) is 324 Å². The minimum absolute atomic E-state index is 0.0827. The molecule has 0 radical (unpaired) electrons. The van der Waals surface area contributed by atoms with Crippen molar-refractivity contribution in [2.45, 2.75) is 236 Å². The van der Waals surface area contributed by atoms with Gasteiger partial charge in [0.05, 0.1) is 43.5 Å². The van der Waals surface area contributed by atoms with E-state index in [4.69, 9.17) is 33.2 Å². The van der Waals surface area contributed by atoms with Gasteiger partial charge in [0, 0.05) is 0 Å². The van der Waals surface area contributed by atoms with E-state index < -0.39 is 158 Å². The van der Waals surface area contributed by atoms with Crippen LogP contribution in [-0.2, 0) is 38.0 Å². The summed E-state index contributed by atoms with van der Waals surface area (Å²) in [6.45, 7) is 15.7. The molecular weight excluding hydrogens is 945 g/mol. The number of ketones is 1. The molecular formula is C52H84O20. The van der Waals surface area contributed by atoms with Crippen LogP contribution in [0.3, 0.4) is 0 Å². The van der Waals surface area contributed by atoms with Crippen molar-refractivity contribution in [1.82, 2.24) is 0 Å². The van der Waals surface area contributed by atoms with Gasteiger partial charge in [0.2, 0.25) is 0 Å². The Balaban J connectivity index is 0.979. The second-order valence-corrected chi connectivity index (χ2v) is 25.5. The normalized spacial score (nSPS) is 55.3. The number of allylic oxidation sites excluding steroid dienone is 2. The maximum Gasteiger partial charge on any atom is 0.187 e. The quantitative estimate of drug-likeness (QED) is 0.100. The Morgan fingerprint density at radius 1 is 0.639 bits per heavy atom. The van der Waals surface area contributed by atoms with Crippen molar-refractivity contribution in [3.05, 3.63) is 11.6 Å².